The normalized spacial score (nSPS) is 16.3. The van der Waals surface area contributed by atoms with E-state index in [0.29, 0.717) is 10.4 Å². The number of likely N-dealkylation sites (tertiary alicyclic amines) is 1. The summed E-state index contributed by atoms with van der Waals surface area (Å²) in [7, 11) is 0. The molecule has 1 saturated heterocycles. The van der Waals surface area contributed by atoms with E-state index in [-0.39, 0.29) is 30.3 Å². The Morgan fingerprint density at radius 2 is 1.97 bits per heavy atom. The van der Waals surface area contributed by atoms with Crippen LogP contribution < -0.4 is 0 Å². The van der Waals surface area contributed by atoms with Crippen molar-refractivity contribution in [1.82, 2.24) is 9.88 Å². The van der Waals surface area contributed by atoms with Gasteiger partial charge >= 0.3 is 0 Å². The number of hydrogen-bond acceptors (Lipinski definition) is 4. The highest BCUT2D eigenvalue weighted by atomic mass is 32.1. The minimum Gasteiger partial charge on any atom is -0.373 e. The van der Waals surface area contributed by atoms with E-state index in [4.69, 9.17) is 4.74 Å². The van der Waals surface area contributed by atoms with Crippen molar-refractivity contribution >= 4 is 11.3 Å². The Hall–Kier alpha value is -1.70. The van der Waals surface area contributed by atoms with Crippen molar-refractivity contribution in [2.45, 2.75) is 58.3 Å². The first-order chi connectivity index (χ1) is 14.0. The van der Waals surface area contributed by atoms with E-state index >= 15 is 0 Å². The molecule has 1 fully saturated rings. The van der Waals surface area contributed by atoms with Crippen LogP contribution in [0.15, 0.2) is 42.4 Å². The quantitative estimate of drug-likeness (QED) is 0.470. The molecule has 2 heterocycles. The van der Waals surface area contributed by atoms with Gasteiger partial charge in [0.2, 0.25) is 0 Å². The van der Waals surface area contributed by atoms with Gasteiger partial charge in [-0.1, -0.05) is 31.2 Å². The molecular weight excluding hydrogens is 397 g/mol. The predicted octanol–water partition coefficient (Wildman–Crippen LogP) is 6.54. The summed E-state index contributed by atoms with van der Waals surface area (Å²) in [6, 6.07) is 6.59. The second-order valence-corrected chi connectivity index (χ2v) is 7.76. The maximum Gasteiger partial charge on any atom is 0.281 e. The molecule has 3 rings (SSSR count). The van der Waals surface area contributed by atoms with Crippen molar-refractivity contribution in [3.63, 3.8) is 0 Å². The van der Waals surface area contributed by atoms with Gasteiger partial charge in [-0.3, -0.25) is 4.90 Å². The van der Waals surface area contributed by atoms with Gasteiger partial charge in [0.15, 0.2) is 0 Å². The molecule has 0 N–H and O–H groups in total. The summed E-state index contributed by atoms with van der Waals surface area (Å²) < 4.78 is 45.8. The van der Waals surface area contributed by atoms with Crippen LogP contribution >= 0.6 is 11.3 Å². The standard InChI is InChI=1S/C19H23F3N2OS.C3H6/c1-2-16(18-17(19(21)22)23-12-26-18)24-9-7-14(8-10-24)25-11-13-5-3-4-6-15(13)20;1-3-2/h3-6,12,14,16,19H,2,7-11H2,1H3;3H,1H2,2H3. The van der Waals surface area contributed by atoms with Crippen molar-refractivity contribution < 1.29 is 17.9 Å². The van der Waals surface area contributed by atoms with Crippen molar-refractivity contribution in [2.75, 3.05) is 13.1 Å². The highest BCUT2D eigenvalue weighted by Gasteiger charge is 2.30. The van der Waals surface area contributed by atoms with Gasteiger partial charge < -0.3 is 4.74 Å². The molecule has 0 aliphatic carbocycles. The Morgan fingerprint density at radius 1 is 1.31 bits per heavy atom. The Kier molecular flexibility index (Phi) is 9.84. The fourth-order valence-electron chi connectivity index (χ4n) is 3.46. The van der Waals surface area contributed by atoms with E-state index in [2.05, 4.69) is 16.5 Å². The van der Waals surface area contributed by atoms with E-state index < -0.39 is 6.43 Å². The molecular formula is C22H29F3N2OS. The third kappa shape index (κ3) is 6.66. The lowest BCUT2D eigenvalue weighted by atomic mass is 10.0. The lowest BCUT2D eigenvalue weighted by Gasteiger charge is -2.37. The molecule has 1 aromatic carbocycles. The van der Waals surface area contributed by atoms with Crippen LogP contribution in [-0.4, -0.2) is 29.1 Å². The van der Waals surface area contributed by atoms with Gasteiger partial charge in [-0.15, -0.1) is 17.9 Å². The van der Waals surface area contributed by atoms with Gasteiger partial charge in [-0.05, 0) is 32.3 Å². The van der Waals surface area contributed by atoms with E-state index in [9.17, 15) is 13.2 Å². The van der Waals surface area contributed by atoms with Crippen molar-refractivity contribution in [3.05, 3.63) is 64.4 Å². The third-order valence-corrected chi connectivity index (χ3v) is 5.82. The zero-order valence-electron chi connectivity index (χ0n) is 17.0. The minimum absolute atomic E-state index is 0.0287. The number of aromatic nitrogens is 1. The van der Waals surface area contributed by atoms with Gasteiger partial charge in [0.05, 0.1) is 23.1 Å². The molecule has 1 aromatic heterocycles. The molecule has 0 amide bonds. The molecule has 3 nitrogen and oxygen atoms in total. The third-order valence-electron chi connectivity index (χ3n) is 4.87. The molecule has 29 heavy (non-hydrogen) atoms. The topological polar surface area (TPSA) is 25.4 Å². The SMILES string of the molecule is C=CC.CCC(c1scnc1C(F)F)N1CCC(OCc2ccccc2F)CC1. The van der Waals surface area contributed by atoms with E-state index in [1.165, 1.54) is 22.9 Å². The number of piperidine rings is 1. The predicted molar refractivity (Wildman–Crippen MR) is 112 cm³/mol. The number of rotatable bonds is 7. The number of alkyl halides is 2. The molecule has 2 aromatic rings. The number of hydrogen-bond donors (Lipinski definition) is 0. The minimum atomic E-state index is -2.54. The van der Waals surface area contributed by atoms with Gasteiger partial charge in [-0.2, -0.15) is 0 Å². The zero-order chi connectivity index (χ0) is 21.2. The van der Waals surface area contributed by atoms with Crippen LogP contribution in [0.4, 0.5) is 13.2 Å². The summed E-state index contributed by atoms with van der Waals surface area (Å²) >= 11 is 1.31. The van der Waals surface area contributed by atoms with Crippen LogP contribution in [0.1, 0.15) is 61.7 Å². The Balaban J connectivity index is 0.000000941. The second kappa shape index (κ2) is 12.1. The molecule has 1 unspecified atom stereocenters. The second-order valence-electron chi connectivity index (χ2n) is 6.87. The fourth-order valence-corrected chi connectivity index (χ4v) is 4.48. The Bertz CT molecular complexity index is 745. The summed E-state index contributed by atoms with van der Waals surface area (Å²) in [5.41, 5.74) is 1.98. The molecule has 160 valence electrons. The summed E-state index contributed by atoms with van der Waals surface area (Å²) in [5, 5.41) is 0. The molecule has 0 spiro atoms. The van der Waals surface area contributed by atoms with Crippen molar-refractivity contribution in [2.24, 2.45) is 0 Å². The number of nitrogens with zero attached hydrogens (tertiary/aromatic N) is 2. The first kappa shape index (κ1) is 23.6. The monoisotopic (exact) mass is 426 g/mol. The van der Waals surface area contributed by atoms with Crippen LogP contribution in [0.5, 0.6) is 0 Å². The van der Waals surface area contributed by atoms with Crippen LogP contribution in [0.2, 0.25) is 0 Å². The lowest BCUT2D eigenvalue weighted by molar-refractivity contribution is -0.0127. The van der Waals surface area contributed by atoms with Crippen molar-refractivity contribution in [3.8, 4) is 0 Å². The molecule has 0 saturated carbocycles. The van der Waals surface area contributed by atoms with E-state index in [1.807, 2.05) is 13.8 Å². The first-order valence-corrected chi connectivity index (χ1v) is 10.8. The summed E-state index contributed by atoms with van der Waals surface area (Å²) in [6.07, 6.45) is 1.68. The van der Waals surface area contributed by atoms with Gasteiger partial charge in [0.25, 0.3) is 6.43 Å². The maximum atomic E-state index is 13.7. The molecule has 1 aliphatic rings. The molecule has 7 heteroatoms. The van der Waals surface area contributed by atoms with Gasteiger partial charge in [0.1, 0.15) is 11.5 Å². The highest BCUT2D eigenvalue weighted by Crippen LogP contribution is 2.36. The van der Waals surface area contributed by atoms with Gasteiger partial charge in [0, 0.05) is 24.7 Å². The molecule has 0 bridgehead atoms. The van der Waals surface area contributed by atoms with E-state index in [1.54, 1.807) is 24.3 Å². The van der Waals surface area contributed by atoms with Crippen LogP contribution in [-0.2, 0) is 11.3 Å². The summed E-state index contributed by atoms with van der Waals surface area (Å²) in [6.45, 7) is 9.08. The number of allylic oxidation sites excluding steroid dienone is 1. The Labute approximate surface area is 175 Å². The first-order valence-electron chi connectivity index (χ1n) is 9.89. The smallest absolute Gasteiger partial charge is 0.281 e. The molecule has 0 radical (unpaired) electrons. The van der Waals surface area contributed by atoms with E-state index in [0.717, 1.165) is 32.4 Å². The average molecular weight is 427 g/mol. The van der Waals surface area contributed by atoms with Crippen LogP contribution in [0.25, 0.3) is 0 Å². The molecule has 1 atom stereocenters. The van der Waals surface area contributed by atoms with Crippen LogP contribution in [0.3, 0.4) is 0 Å². The lowest BCUT2D eigenvalue weighted by Crippen LogP contribution is -2.39. The average Bonchev–Trinajstić information content (AvgIpc) is 3.19. The number of thiazole rings is 1. The summed E-state index contributed by atoms with van der Waals surface area (Å²) in [5.74, 6) is -0.249. The van der Waals surface area contributed by atoms with Crippen LogP contribution in [0, 0.1) is 5.82 Å². The largest absolute Gasteiger partial charge is 0.373 e. The number of benzene rings is 1. The Morgan fingerprint density at radius 3 is 2.55 bits per heavy atom. The van der Waals surface area contributed by atoms with Crippen molar-refractivity contribution in [1.29, 1.82) is 0 Å². The number of halogens is 3. The highest BCUT2D eigenvalue weighted by molar-refractivity contribution is 7.09. The number of ether oxygens (including phenoxy) is 1. The fraction of sp³-hybridized carbons (Fsp3) is 0.500. The maximum absolute atomic E-state index is 13.7. The summed E-state index contributed by atoms with van der Waals surface area (Å²) in [4.78, 5) is 6.76. The molecule has 1 aliphatic heterocycles. The zero-order valence-corrected chi connectivity index (χ0v) is 17.8. The van der Waals surface area contributed by atoms with Gasteiger partial charge in [-0.25, -0.2) is 18.2 Å².